The number of benzene rings is 1. The molecule has 2 nitrogen and oxygen atoms in total. The molecular formula is C12H14N2. The smallest absolute Gasteiger partial charge is 0.189 e. The molecule has 0 aliphatic carbocycles. The summed E-state index contributed by atoms with van der Waals surface area (Å²) in [5, 5.41) is 0. The molecule has 72 valence electrons. The van der Waals surface area contributed by atoms with Crippen molar-refractivity contribution in [1.82, 2.24) is 0 Å². The second-order valence-electron chi connectivity index (χ2n) is 3.61. The average molecular weight is 186 g/mol. The van der Waals surface area contributed by atoms with Gasteiger partial charge in [-0.15, -0.1) is 0 Å². The highest BCUT2D eigenvalue weighted by molar-refractivity contribution is 5.64. The zero-order valence-electron chi connectivity index (χ0n) is 8.45. The maximum Gasteiger partial charge on any atom is 0.189 e. The number of hydrogen-bond acceptors (Lipinski definition) is 1. The summed E-state index contributed by atoms with van der Waals surface area (Å²) in [6.07, 6.45) is 2.39. The molecule has 1 aromatic rings. The Morgan fingerprint density at radius 3 is 3.07 bits per heavy atom. The summed E-state index contributed by atoms with van der Waals surface area (Å²) in [4.78, 5) is 5.83. The number of rotatable bonds is 1. The highest BCUT2D eigenvalue weighted by Gasteiger charge is 2.15. The molecule has 0 fully saturated rings. The molecule has 0 N–H and O–H groups in total. The van der Waals surface area contributed by atoms with Gasteiger partial charge in [0.25, 0.3) is 0 Å². The lowest BCUT2D eigenvalue weighted by molar-refractivity contribution is 0.708. The summed E-state index contributed by atoms with van der Waals surface area (Å²) < 4.78 is 0. The number of anilines is 1. The van der Waals surface area contributed by atoms with Gasteiger partial charge in [-0.25, -0.2) is 4.85 Å². The van der Waals surface area contributed by atoms with Crippen molar-refractivity contribution in [1.29, 1.82) is 0 Å². The summed E-state index contributed by atoms with van der Waals surface area (Å²) in [6, 6.07) is 6.04. The third kappa shape index (κ3) is 1.46. The number of fused-ring (bicyclic) bond motifs is 1. The van der Waals surface area contributed by atoms with E-state index >= 15 is 0 Å². The molecule has 2 rings (SSSR count). The van der Waals surface area contributed by atoms with Crippen LogP contribution in [0.1, 0.15) is 18.9 Å². The molecule has 1 aliphatic heterocycles. The van der Waals surface area contributed by atoms with Gasteiger partial charge < -0.3 is 4.90 Å². The maximum absolute atomic E-state index is 6.99. The molecule has 0 bridgehead atoms. The zero-order valence-corrected chi connectivity index (χ0v) is 8.45. The van der Waals surface area contributed by atoms with E-state index in [4.69, 9.17) is 6.57 Å². The molecule has 0 unspecified atom stereocenters. The average Bonchev–Trinajstić information content (AvgIpc) is 2.27. The van der Waals surface area contributed by atoms with Crippen LogP contribution in [0, 0.1) is 6.57 Å². The summed E-state index contributed by atoms with van der Waals surface area (Å²) in [7, 11) is 0. The Balaban J connectivity index is 2.44. The molecule has 0 radical (unpaired) electrons. The number of nitrogens with zero attached hydrogens (tertiary/aromatic N) is 2. The van der Waals surface area contributed by atoms with Gasteiger partial charge in [0.15, 0.2) is 5.69 Å². The van der Waals surface area contributed by atoms with Crippen molar-refractivity contribution in [3.63, 3.8) is 0 Å². The third-order valence-electron chi connectivity index (χ3n) is 2.79. The van der Waals surface area contributed by atoms with Crippen molar-refractivity contribution in [3.8, 4) is 0 Å². The van der Waals surface area contributed by atoms with E-state index in [9.17, 15) is 0 Å². The monoisotopic (exact) mass is 186 g/mol. The van der Waals surface area contributed by atoms with Crippen LogP contribution < -0.4 is 4.90 Å². The van der Waals surface area contributed by atoms with E-state index in [0.29, 0.717) is 0 Å². The van der Waals surface area contributed by atoms with E-state index < -0.39 is 0 Å². The summed E-state index contributed by atoms with van der Waals surface area (Å²) in [5.41, 5.74) is 3.42. The molecule has 1 aromatic carbocycles. The van der Waals surface area contributed by atoms with E-state index in [1.807, 2.05) is 12.1 Å². The maximum atomic E-state index is 6.99. The van der Waals surface area contributed by atoms with Crippen LogP contribution in [0.2, 0.25) is 0 Å². The summed E-state index contributed by atoms with van der Waals surface area (Å²) in [5.74, 6) is 0. The zero-order chi connectivity index (χ0) is 9.97. The van der Waals surface area contributed by atoms with E-state index in [-0.39, 0.29) is 0 Å². The molecule has 1 aliphatic rings. The second-order valence-corrected chi connectivity index (χ2v) is 3.61. The Kier molecular flexibility index (Phi) is 2.41. The molecule has 0 amide bonds. The molecule has 1 heterocycles. The lowest BCUT2D eigenvalue weighted by Gasteiger charge is -2.30. The van der Waals surface area contributed by atoms with Crippen LogP contribution in [0.3, 0.4) is 0 Å². The van der Waals surface area contributed by atoms with E-state index in [0.717, 1.165) is 25.2 Å². The summed E-state index contributed by atoms with van der Waals surface area (Å²) >= 11 is 0. The molecular weight excluding hydrogens is 172 g/mol. The molecule has 0 aromatic heterocycles. The van der Waals surface area contributed by atoms with Crippen molar-refractivity contribution in [2.75, 3.05) is 18.0 Å². The molecule has 0 spiro atoms. The van der Waals surface area contributed by atoms with Crippen LogP contribution in [0.25, 0.3) is 4.85 Å². The minimum atomic E-state index is 0.754. The quantitative estimate of drug-likeness (QED) is 0.612. The fourth-order valence-corrected chi connectivity index (χ4v) is 2.04. The van der Waals surface area contributed by atoms with Crippen molar-refractivity contribution < 1.29 is 0 Å². The normalized spacial score (nSPS) is 14.7. The Morgan fingerprint density at radius 1 is 1.50 bits per heavy atom. The van der Waals surface area contributed by atoms with Crippen molar-refractivity contribution in [2.24, 2.45) is 0 Å². The van der Waals surface area contributed by atoms with Gasteiger partial charge >= 0.3 is 0 Å². The first-order chi connectivity index (χ1) is 6.85. The first-order valence-electron chi connectivity index (χ1n) is 5.10. The third-order valence-corrected chi connectivity index (χ3v) is 2.79. The van der Waals surface area contributed by atoms with E-state index in [1.54, 1.807) is 0 Å². The summed E-state index contributed by atoms with van der Waals surface area (Å²) in [6.45, 7) is 11.3. The van der Waals surface area contributed by atoms with E-state index in [2.05, 4.69) is 22.7 Å². The molecule has 0 saturated carbocycles. The van der Waals surface area contributed by atoms with Gasteiger partial charge in [0.2, 0.25) is 0 Å². The van der Waals surface area contributed by atoms with Crippen LogP contribution in [0.4, 0.5) is 11.4 Å². The van der Waals surface area contributed by atoms with Gasteiger partial charge in [-0.3, -0.25) is 0 Å². The lowest BCUT2D eigenvalue weighted by Crippen LogP contribution is -2.28. The van der Waals surface area contributed by atoms with Crippen LogP contribution in [-0.4, -0.2) is 13.1 Å². The first kappa shape index (κ1) is 9.08. The van der Waals surface area contributed by atoms with Gasteiger partial charge in [0, 0.05) is 18.8 Å². The van der Waals surface area contributed by atoms with Gasteiger partial charge in [0.1, 0.15) is 0 Å². The lowest BCUT2D eigenvalue weighted by atomic mass is 10.0. The molecule has 14 heavy (non-hydrogen) atoms. The Labute approximate surface area is 85.0 Å². The van der Waals surface area contributed by atoms with Gasteiger partial charge in [-0.05, 0) is 31.4 Å². The molecule has 0 saturated heterocycles. The highest BCUT2D eigenvalue weighted by atomic mass is 15.1. The highest BCUT2D eigenvalue weighted by Crippen LogP contribution is 2.30. The van der Waals surface area contributed by atoms with Crippen LogP contribution >= 0.6 is 0 Å². The minimum absolute atomic E-state index is 0.754. The SMILES string of the molecule is [C-]#[N+]c1ccc2c(c1)N(CC)CCC2. The van der Waals surface area contributed by atoms with Gasteiger partial charge in [0.05, 0.1) is 6.57 Å². The molecule has 2 heteroatoms. The predicted octanol–water partition coefficient (Wildman–Crippen LogP) is 3.01. The number of hydrogen-bond donors (Lipinski definition) is 0. The second kappa shape index (κ2) is 3.71. The van der Waals surface area contributed by atoms with Crippen molar-refractivity contribution in [2.45, 2.75) is 19.8 Å². The van der Waals surface area contributed by atoms with Crippen LogP contribution in [-0.2, 0) is 6.42 Å². The standard InChI is InChI=1S/C12H14N2/c1-3-14-8-4-5-10-6-7-11(13-2)9-12(10)14/h6-7,9H,3-5,8H2,1H3. The van der Waals surface area contributed by atoms with Gasteiger partial charge in [-0.1, -0.05) is 12.1 Å². The molecule has 0 atom stereocenters. The minimum Gasteiger partial charge on any atom is -0.373 e. The van der Waals surface area contributed by atoms with Crippen molar-refractivity contribution >= 4 is 11.4 Å². The van der Waals surface area contributed by atoms with Crippen LogP contribution in [0.5, 0.6) is 0 Å². The van der Waals surface area contributed by atoms with Crippen molar-refractivity contribution in [3.05, 3.63) is 35.2 Å². The fourth-order valence-electron chi connectivity index (χ4n) is 2.04. The Bertz CT molecular complexity index is 376. The number of aryl methyl sites for hydroxylation is 1. The Morgan fingerprint density at radius 2 is 2.36 bits per heavy atom. The Hall–Kier alpha value is -1.49. The first-order valence-corrected chi connectivity index (χ1v) is 5.10. The van der Waals surface area contributed by atoms with Gasteiger partial charge in [-0.2, -0.15) is 0 Å². The van der Waals surface area contributed by atoms with E-state index in [1.165, 1.54) is 17.7 Å². The fraction of sp³-hybridized carbons (Fsp3) is 0.417. The topological polar surface area (TPSA) is 7.60 Å². The predicted molar refractivity (Wildman–Crippen MR) is 58.9 cm³/mol. The largest absolute Gasteiger partial charge is 0.373 e. The van der Waals surface area contributed by atoms with Crippen LogP contribution in [0.15, 0.2) is 18.2 Å².